The average Bonchev–Trinajstić information content (AvgIpc) is 3.10. The van der Waals surface area contributed by atoms with Gasteiger partial charge in [-0.15, -0.1) is 15.9 Å². The molecule has 9 heteroatoms. The molecule has 0 fully saturated rings. The van der Waals surface area contributed by atoms with Crippen LogP contribution in [0.1, 0.15) is 6.92 Å². The van der Waals surface area contributed by atoms with Gasteiger partial charge < -0.3 is 9.46 Å². The molecule has 8 nitrogen and oxygen atoms in total. The Balaban J connectivity index is 1.83. The summed E-state index contributed by atoms with van der Waals surface area (Å²) in [5.74, 6) is 0.973. The summed E-state index contributed by atoms with van der Waals surface area (Å²) in [6, 6.07) is 12.7. The van der Waals surface area contributed by atoms with Crippen molar-refractivity contribution in [3.63, 3.8) is 0 Å². The molecule has 1 heterocycles. The molecule has 0 aliphatic carbocycles. The van der Waals surface area contributed by atoms with Gasteiger partial charge in [-0.25, -0.2) is 8.42 Å². The molecule has 124 valence electrons. The van der Waals surface area contributed by atoms with Crippen molar-refractivity contribution in [1.29, 1.82) is 0 Å². The molecule has 2 aromatic carbocycles. The molecule has 1 aromatic heterocycles. The van der Waals surface area contributed by atoms with Crippen molar-refractivity contribution in [2.45, 2.75) is 11.8 Å². The Morgan fingerprint density at radius 3 is 2.62 bits per heavy atom. The highest BCUT2D eigenvalue weighted by Gasteiger charge is 2.07. The molecule has 0 aliphatic rings. The second kappa shape index (κ2) is 6.67. The Kier molecular flexibility index (Phi) is 4.43. The minimum absolute atomic E-state index is 0.0934. The number of rotatable bonds is 6. The van der Waals surface area contributed by atoms with Crippen LogP contribution in [0.4, 0.5) is 5.69 Å². The second-order valence-corrected chi connectivity index (χ2v) is 6.36. The van der Waals surface area contributed by atoms with E-state index >= 15 is 0 Å². The molecule has 0 atom stereocenters. The molecule has 0 aliphatic heterocycles. The quantitative estimate of drug-likeness (QED) is 0.735. The van der Waals surface area contributed by atoms with Crippen molar-refractivity contribution in [1.82, 2.24) is 20.6 Å². The van der Waals surface area contributed by atoms with E-state index in [-0.39, 0.29) is 10.6 Å². The first kappa shape index (κ1) is 15.9. The summed E-state index contributed by atoms with van der Waals surface area (Å²) in [5.41, 5.74) is 0.901. The SMILES string of the molecule is CCOc1ccc(S(=O)(=O)[N-]c2cccc(-c3nn[nH]n3)c2)cc1. The van der Waals surface area contributed by atoms with Crippen molar-refractivity contribution < 1.29 is 13.2 Å². The van der Waals surface area contributed by atoms with Crippen LogP contribution in [0.2, 0.25) is 0 Å². The van der Waals surface area contributed by atoms with Gasteiger partial charge in [0.05, 0.1) is 11.5 Å². The summed E-state index contributed by atoms with van der Waals surface area (Å²) >= 11 is 0. The van der Waals surface area contributed by atoms with Gasteiger partial charge in [0.2, 0.25) is 5.82 Å². The summed E-state index contributed by atoms with van der Waals surface area (Å²) in [6.45, 7) is 2.37. The Bertz CT molecular complexity index is 909. The number of aromatic amines is 1. The number of H-pyrrole nitrogens is 1. The topological polar surface area (TPSA) is 112 Å². The van der Waals surface area contributed by atoms with Crippen LogP contribution in [-0.2, 0) is 10.0 Å². The van der Waals surface area contributed by atoms with Gasteiger partial charge in [-0.05, 0) is 36.4 Å². The molecule has 0 spiro atoms. The lowest BCUT2D eigenvalue weighted by Crippen LogP contribution is -1.98. The zero-order chi connectivity index (χ0) is 17.0. The summed E-state index contributed by atoms with van der Waals surface area (Å²) < 4.78 is 34.0. The predicted octanol–water partition coefficient (Wildman–Crippen LogP) is 2.66. The van der Waals surface area contributed by atoms with E-state index < -0.39 is 10.0 Å². The first-order valence-electron chi connectivity index (χ1n) is 7.13. The van der Waals surface area contributed by atoms with E-state index in [1.54, 1.807) is 36.4 Å². The molecule has 1 N–H and O–H groups in total. The Labute approximate surface area is 138 Å². The number of hydrogen-bond donors (Lipinski definition) is 1. The van der Waals surface area contributed by atoms with E-state index in [9.17, 15) is 8.42 Å². The van der Waals surface area contributed by atoms with Crippen LogP contribution in [0, 0.1) is 0 Å². The summed E-state index contributed by atoms with van der Waals surface area (Å²) in [5, 5.41) is 13.5. The lowest BCUT2D eigenvalue weighted by Gasteiger charge is -2.22. The fourth-order valence-electron chi connectivity index (χ4n) is 2.05. The molecule has 0 radical (unpaired) electrons. The predicted molar refractivity (Wildman–Crippen MR) is 87.4 cm³/mol. The highest BCUT2D eigenvalue weighted by Crippen LogP contribution is 2.30. The van der Waals surface area contributed by atoms with Crippen LogP contribution < -0.4 is 4.74 Å². The lowest BCUT2D eigenvalue weighted by molar-refractivity contribution is 0.340. The maximum Gasteiger partial charge on any atom is 0.204 e. The van der Waals surface area contributed by atoms with Crippen molar-refractivity contribution in [2.24, 2.45) is 0 Å². The van der Waals surface area contributed by atoms with Gasteiger partial charge in [0, 0.05) is 5.56 Å². The number of sulfonamides is 1. The van der Waals surface area contributed by atoms with E-state index in [0.717, 1.165) is 0 Å². The normalized spacial score (nSPS) is 11.2. The summed E-state index contributed by atoms with van der Waals surface area (Å²) in [4.78, 5) is 0.0934. The monoisotopic (exact) mass is 344 g/mol. The minimum atomic E-state index is -3.83. The van der Waals surface area contributed by atoms with Gasteiger partial charge >= 0.3 is 0 Å². The molecule has 24 heavy (non-hydrogen) atoms. The third-order valence-corrected chi connectivity index (χ3v) is 4.43. The number of nitrogens with zero attached hydrogens (tertiary/aromatic N) is 4. The minimum Gasteiger partial charge on any atom is -0.573 e. The third-order valence-electron chi connectivity index (χ3n) is 3.11. The average molecular weight is 344 g/mol. The van der Waals surface area contributed by atoms with Crippen LogP contribution in [0.15, 0.2) is 53.4 Å². The first-order chi connectivity index (χ1) is 11.6. The highest BCUT2D eigenvalue weighted by molar-refractivity contribution is 7.94. The first-order valence-corrected chi connectivity index (χ1v) is 8.57. The van der Waals surface area contributed by atoms with Crippen LogP contribution in [0.5, 0.6) is 5.75 Å². The Morgan fingerprint density at radius 2 is 1.96 bits per heavy atom. The fraction of sp³-hybridized carbons (Fsp3) is 0.133. The molecule has 3 rings (SSSR count). The van der Waals surface area contributed by atoms with Gasteiger partial charge in [-0.2, -0.15) is 5.21 Å². The van der Waals surface area contributed by atoms with E-state index in [4.69, 9.17) is 4.74 Å². The molecule has 0 saturated carbocycles. The van der Waals surface area contributed by atoms with Crippen LogP contribution >= 0.6 is 0 Å². The largest absolute Gasteiger partial charge is 0.573 e. The van der Waals surface area contributed by atoms with E-state index in [1.807, 2.05) is 6.92 Å². The maximum absolute atomic E-state index is 12.4. The smallest absolute Gasteiger partial charge is 0.204 e. The number of aromatic nitrogens is 4. The summed E-state index contributed by atoms with van der Waals surface area (Å²) in [7, 11) is -3.83. The van der Waals surface area contributed by atoms with Gasteiger partial charge in [0.15, 0.2) is 0 Å². The van der Waals surface area contributed by atoms with E-state index in [1.165, 1.54) is 12.1 Å². The van der Waals surface area contributed by atoms with Gasteiger partial charge in [-0.1, -0.05) is 24.3 Å². The molecule has 0 unspecified atom stereocenters. The van der Waals surface area contributed by atoms with Gasteiger partial charge in [0.1, 0.15) is 15.8 Å². The van der Waals surface area contributed by atoms with Crippen LogP contribution in [0.3, 0.4) is 0 Å². The zero-order valence-corrected chi connectivity index (χ0v) is 13.6. The molecule has 0 bridgehead atoms. The van der Waals surface area contributed by atoms with Crippen LogP contribution in [-0.4, -0.2) is 35.6 Å². The van der Waals surface area contributed by atoms with Crippen molar-refractivity contribution in [2.75, 3.05) is 6.61 Å². The fourth-order valence-corrected chi connectivity index (χ4v) is 3.03. The summed E-state index contributed by atoms with van der Waals surface area (Å²) in [6.07, 6.45) is 0. The number of ether oxygens (including phenoxy) is 1. The Morgan fingerprint density at radius 1 is 1.17 bits per heavy atom. The molecular weight excluding hydrogens is 330 g/mol. The Hall–Kier alpha value is -2.94. The number of tetrazole rings is 1. The van der Waals surface area contributed by atoms with Crippen molar-refractivity contribution >= 4 is 15.7 Å². The van der Waals surface area contributed by atoms with E-state index in [2.05, 4.69) is 25.3 Å². The van der Waals surface area contributed by atoms with Crippen LogP contribution in [0.25, 0.3) is 16.1 Å². The molecule has 0 saturated heterocycles. The molecule has 3 aromatic rings. The van der Waals surface area contributed by atoms with Crippen molar-refractivity contribution in [3.8, 4) is 17.1 Å². The lowest BCUT2D eigenvalue weighted by atomic mass is 10.2. The van der Waals surface area contributed by atoms with Gasteiger partial charge in [-0.3, -0.25) is 0 Å². The third kappa shape index (κ3) is 3.51. The van der Waals surface area contributed by atoms with E-state index in [0.29, 0.717) is 23.7 Å². The second-order valence-electron chi connectivity index (χ2n) is 4.76. The standard InChI is InChI=1S/C15H14N5O3S/c1-2-23-13-6-8-14(9-7-13)24(21,22)18-12-5-3-4-11(10-12)15-16-19-20-17-15/h3-10H,2H2,1H3,(H,16,17,19,20)/q-1. The number of hydrogen-bond acceptors (Lipinski definition) is 6. The highest BCUT2D eigenvalue weighted by atomic mass is 32.2. The zero-order valence-electron chi connectivity index (χ0n) is 12.7. The van der Waals surface area contributed by atoms with Crippen molar-refractivity contribution in [3.05, 3.63) is 53.3 Å². The number of benzene rings is 2. The maximum atomic E-state index is 12.4. The van der Waals surface area contributed by atoms with Gasteiger partial charge in [0.25, 0.3) is 0 Å². The molecular formula is C15H14N5O3S-. The molecule has 0 amide bonds. The number of nitrogens with one attached hydrogen (secondary N) is 1.